The van der Waals surface area contributed by atoms with Crippen LogP contribution in [0.3, 0.4) is 0 Å². The first-order valence-corrected chi connectivity index (χ1v) is 11.6. The van der Waals surface area contributed by atoms with E-state index in [1.165, 1.54) is 0 Å². The second-order valence-electron chi connectivity index (χ2n) is 9.92. The lowest BCUT2D eigenvalue weighted by Crippen LogP contribution is -2.62. The molecule has 4 N–H and O–H groups in total. The molecule has 2 aliphatic heterocycles. The van der Waals surface area contributed by atoms with Crippen molar-refractivity contribution in [1.29, 1.82) is 0 Å². The number of aromatic nitrogens is 1. The van der Waals surface area contributed by atoms with E-state index in [1.807, 2.05) is 35.2 Å². The molecule has 0 radical (unpaired) electrons. The lowest BCUT2D eigenvalue weighted by atomic mass is 9.73. The summed E-state index contributed by atoms with van der Waals surface area (Å²) in [7, 11) is 0. The number of fused-ring (bicyclic) bond motifs is 2. The number of amides is 1. The number of nitrogens with one attached hydrogen (secondary N) is 1. The highest BCUT2D eigenvalue weighted by molar-refractivity contribution is 5.91. The van der Waals surface area contributed by atoms with E-state index in [0.29, 0.717) is 12.3 Å². The second-order valence-corrected chi connectivity index (χ2v) is 9.92. The fourth-order valence-electron chi connectivity index (χ4n) is 6.48. The summed E-state index contributed by atoms with van der Waals surface area (Å²) in [6.45, 7) is 1.69. The van der Waals surface area contributed by atoms with Crippen molar-refractivity contribution in [3.05, 3.63) is 65.0 Å². The van der Waals surface area contributed by atoms with E-state index in [-0.39, 0.29) is 17.4 Å². The van der Waals surface area contributed by atoms with Gasteiger partial charge in [-0.05, 0) is 48.4 Å². The maximum atomic E-state index is 14.1. The van der Waals surface area contributed by atoms with Crippen LogP contribution in [0.4, 0.5) is 0 Å². The summed E-state index contributed by atoms with van der Waals surface area (Å²) >= 11 is 0. The molecule has 1 amide bonds. The molecule has 3 heterocycles. The zero-order valence-electron chi connectivity index (χ0n) is 17.8. The summed E-state index contributed by atoms with van der Waals surface area (Å²) in [5.74, 6) is 0.211. The number of hydrogen-bond acceptors (Lipinski definition) is 5. The minimum absolute atomic E-state index is 0.0539. The lowest BCUT2D eigenvalue weighted by molar-refractivity contribution is -0.169. The van der Waals surface area contributed by atoms with E-state index in [1.54, 1.807) is 6.20 Å². The van der Waals surface area contributed by atoms with Crippen molar-refractivity contribution in [2.45, 2.75) is 55.8 Å². The zero-order chi connectivity index (χ0) is 21.2. The van der Waals surface area contributed by atoms with Gasteiger partial charge in [0.05, 0.1) is 5.54 Å². The molecule has 6 heteroatoms. The Morgan fingerprint density at radius 2 is 2.03 bits per heavy atom. The Hall–Kier alpha value is -2.28. The van der Waals surface area contributed by atoms with Crippen LogP contribution in [-0.4, -0.2) is 39.5 Å². The summed E-state index contributed by atoms with van der Waals surface area (Å²) in [5, 5.41) is 15.6. The number of benzene rings is 1. The van der Waals surface area contributed by atoms with Gasteiger partial charge in [-0.1, -0.05) is 37.1 Å². The Morgan fingerprint density at radius 3 is 2.71 bits per heavy atom. The van der Waals surface area contributed by atoms with Crippen molar-refractivity contribution < 1.29 is 9.90 Å². The Morgan fingerprint density at radius 1 is 1.19 bits per heavy atom. The molecule has 2 aromatic rings. The Labute approximate surface area is 182 Å². The molecule has 1 aromatic heterocycles. The molecule has 4 aliphatic rings. The van der Waals surface area contributed by atoms with Crippen LogP contribution in [-0.2, 0) is 16.8 Å². The normalized spacial score (nSPS) is 34.6. The van der Waals surface area contributed by atoms with Gasteiger partial charge in [-0.2, -0.15) is 0 Å². The standard InChI is InChI=1S/C25H30N4O2/c26-22-20-9-8-16(11-19-7-3-4-10-28-19)12-21(20)25(31,17-5-1-2-6-17)23(30)29(22)24-13-18(24)14-27-15-24/h3-4,7-10,12,17-18,22,27,31H,1-2,5-6,11,13-15,26H2/t18-,22?,24?,25?/m0/s1. The third-order valence-electron chi connectivity index (χ3n) is 8.23. The summed E-state index contributed by atoms with van der Waals surface area (Å²) in [6.07, 6.45) is 6.80. The fraction of sp³-hybridized carbons (Fsp3) is 0.520. The fourth-order valence-corrected chi connectivity index (χ4v) is 6.48. The molecule has 6 rings (SSSR count). The number of rotatable bonds is 4. The summed E-state index contributed by atoms with van der Waals surface area (Å²) in [5.41, 5.74) is 8.66. The van der Waals surface area contributed by atoms with E-state index in [9.17, 15) is 9.90 Å². The third kappa shape index (κ3) is 2.75. The van der Waals surface area contributed by atoms with Crippen LogP contribution in [0.25, 0.3) is 0 Å². The number of pyridine rings is 1. The van der Waals surface area contributed by atoms with Crippen molar-refractivity contribution in [2.75, 3.05) is 13.1 Å². The highest BCUT2D eigenvalue weighted by atomic mass is 16.3. The second kappa shape index (κ2) is 6.86. The first-order chi connectivity index (χ1) is 15.0. The van der Waals surface area contributed by atoms with Crippen LogP contribution in [0.5, 0.6) is 0 Å². The lowest BCUT2D eigenvalue weighted by Gasteiger charge is -2.49. The number of aliphatic hydroxyl groups is 1. The van der Waals surface area contributed by atoms with E-state index in [2.05, 4.69) is 16.4 Å². The molecule has 1 aromatic carbocycles. The van der Waals surface area contributed by atoms with Gasteiger partial charge >= 0.3 is 0 Å². The zero-order valence-corrected chi connectivity index (χ0v) is 17.8. The molecule has 6 nitrogen and oxygen atoms in total. The van der Waals surface area contributed by atoms with Crippen molar-refractivity contribution >= 4 is 5.91 Å². The number of hydrogen-bond donors (Lipinski definition) is 3. The first kappa shape index (κ1) is 19.4. The van der Waals surface area contributed by atoms with Gasteiger partial charge in [0.1, 0.15) is 6.17 Å². The third-order valence-corrected chi connectivity index (χ3v) is 8.23. The van der Waals surface area contributed by atoms with Crippen molar-refractivity contribution in [1.82, 2.24) is 15.2 Å². The molecule has 3 unspecified atom stereocenters. The topological polar surface area (TPSA) is 91.5 Å². The predicted octanol–water partition coefficient (Wildman–Crippen LogP) is 2.21. The van der Waals surface area contributed by atoms with Crippen molar-refractivity contribution in [3.63, 3.8) is 0 Å². The number of carbonyl (C=O) groups excluding carboxylic acids is 1. The van der Waals surface area contributed by atoms with Crippen LogP contribution in [0.15, 0.2) is 42.6 Å². The minimum atomic E-state index is -1.49. The highest BCUT2D eigenvalue weighted by Crippen LogP contribution is 2.57. The predicted molar refractivity (Wildman–Crippen MR) is 117 cm³/mol. The van der Waals surface area contributed by atoms with Gasteiger partial charge in [0.15, 0.2) is 5.60 Å². The maximum absolute atomic E-state index is 14.1. The molecular formula is C25H30N4O2. The largest absolute Gasteiger partial charge is 0.375 e. The summed E-state index contributed by atoms with van der Waals surface area (Å²) < 4.78 is 0. The van der Waals surface area contributed by atoms with Gasteiger partial charge in [0.2, 0.25) is 0 Å². The molecule has 2 aliphatic carbocycles. The average molecular weight is 419 g/mol. The first-order valence-electron chi connectivity index (χ1n) is 11.6. The molecule has 3 fully saturated rings. The molecule has 162 valence electrons. The molecule has 0 spiro atoms. The van der Waals surface area contributed by atoms with E-state index < -0.39 is 11.8 Å². The smallest absolute Gasteiger partial charge is 0.261 e. The van der Waals surface area contributed by atoms with Crippen molar-refractivity contribution in [2.24, 2.45) is 17.6 Å². The van der Waals surface area contributed by atoms with Gasteiger partial charge in [-0.15, -0.1) is 0 Å². The van der Waals surface area contributed by atoms with Crippen LogP contribution in [0, 0.1) is 11.8 Å². The molecule has 0 bridgehead atoms. The average Bonchev–Trinajstić information content (AvgIpc) is 3.15. The SMILES string of the molecule is NC1c2ccc(Cc3ccccn3)cc2C(O)(C2CCCC2)C(=O)N1C12CNC[C@@H]1C2. The van der Waals surface area contributed by atoms with E-state index in [4.69, 9.17) is 5.73 Å². The van der Waals surface area contributed by atoms with Crippen molar-refractivity contribution in [3.8, 4) is 0 Å². The molecular weight excluding hydrogens is 388 g/mol. The van der Waals surface area contributed by atoms with Gasteiger partial charge in [0, 0.05) is 42.9 Å². The molecule has 1 saturated heterocycles. The Balaban J connectivity index is 1.45. The van der Waals surface area contributed by atoms with Gasteiger partial charge in [-0.3, -0.25) is 9.78 Å². The number of nitrogens with two attached hydrogens (primary N) is 1. The monoisotopic (exact) mass is 418 g/mol. The molecule has 4 atom stereocenters. The molecule has 31 heavy (non-hydrogen) atoms. The number of nitrogens with zero attached hydrogens (tertiary/aromatic N) is 2. The van der Waals surface area contributed by atoms with Crippen LogP contribution in [0.2, 0.25) is 0 Å². The van der Waals surface area contributed by atoms with Crippen LogP contribution < -0.4 is 11.1 Å². The van der Waals surface area contributed by atoms with E-state index >= 15 is 0 Å². The quantitative estimate of drug-likeness (QED) is 0.708. The Bertz CT molecular complexity index is 1020. The van der Waals surface area contributed by atoms with Gasteiger partial charge in [-0.25, -0.2) is 0 Å². The van der Waals surface area contributed by atoms with Crippen LogP contribution >= 0.6 is 0 Å². The minimum Gasteiger partial charge on any atom is -0.375 e. The van der Waals surface area contributed by atoms with Crippen LogP contribution in [0.1, 0.15) is 60.7 Å². The number of carbonyl (C=O) groups is 1. The van der Waals surface area contributed by atoms with Gasteiger partial charge < -0.3 is 21.1 Å². The molecule has 2 saturated carbocycles. The number of piperidine rings is 1. The summed E-state index contributed by atoms with van der Waals surface area (Å²) in [4.78, 5) is 20.3. The maximum Gasteiger partial charge on any atom is 0.261 e. The highest BCUT2D eigenvalue weighted by Gasteiger charge is 2.67. The van der Waals surface area contributed by atoms with E-state index in [0.717, 1.165) is 67.6 Å². The summed E-state index contributed by atoms with van der Waals surface area (Å²) in [6, 6.07) is 12.0. The van der Waals surface area contributed by atoms with Gasteiger partial charge in [0.25, 0.3) is 5.91 Å². The Kier molecular flexibility index (Phi) is 4.29.